The molecule has 124 valence electrons. The number of carbonyl (C=O) groups excluding carboxylic acids is 1. The van der Waals surface area contributed by atoms with E-state index < -0.39 is 5.63 Å². The quantitative estimate of drug-likeness (QED) is 0.695. The molecule has 1 aromatic carbocycles. The van der Waals surface area contributed by atoms with Gasteiger partial charge in [0.1, 0.15) is 11.3 Å². The minimum absolute atomic E-state index is 0.138. The maximum atomic E-state index is 12.2. The molecule has 0 unspecified atom stereocenters. The molecular weight excluding hydrogens is 352 g/mol. The van der Waals surface area contributed by atoms with Crippen molar-refractivity contribution in [2.75, 3.05) is 5.32 Å². The van der Waals surface area contributed by atoms with Crippen LogP contribution in [0.25, 0.3) is 11.0 Å². The summed E-state index contributed by atoms with van der Waals surface area (Å²) in [4.78, 5) is 29.4. The molecule has 0 spiro atoms. The topological polar surface area (TPSA) is 92.4 Å². The van der Waals surface area contributed by atoms with Crippen LogP contribution in [0.1, 0.15) is 16.0 Å². The molecule has 24 heavy (non-hydrogen) atoms. The second-order valence-corrected chi connectivity index (χ2v) is 6.94. The van der Waals surface area contributed by atoms with Crippen LogP contribution in [0.15, 0.2) is 27.5 Å². The van der Waals surface area contributed by atoms with Gasteiger partial charge < -0.3 is 14.8 Å². The second-order valence-electron chi connectivity index (χ2n) is 5.29. The Balaban J connectivity index is 1.95. The van der Waals surface area contributed by atoms with Gasteiger partial charge in [-0.15, -0.1) is 11.3 Å². The Kier molecular flexibility index (Phi) is 4.29. The van der Waals surface area contributed by atoms with Gasteiger partial charge >= 0.3 is 5.63 Å². The molecular formula is C16H13ClN2O4S. The van der Waals surface area contributed by atoms with E-state index in [2.05, 4.69) is 10.3 Å². The van der Waals surface area contributed by atoms with Crippen molar-refractivity contribution in [2.24, 2.45) is 0 Å². The van der Waals surface area contributed by atoms with Gasteiger partial charge in [0.2, 0.25) is 5.91 Å². The molecule has 8 heteroatoms. The molecule has 3 aromatic rings. The highest BCUT2D eigenvalue weighted by molar-refractivity contribution is 7.15. The van der Waals surface area contributed by atoms with Gasteiger partial charge in [-0.2, -0.15) is 0 Å². The molecule has 0 aliphatic rings. The summed E-state index contributed by atoms with van der Waals surface area (Å²) in [5.41, 5.74) is 0.440. The molecule has 0 saturated carbocycles. The van der Waals surface area contributed by atoms with Crippen molar-refractivity contribution >= 4 is 44.9 Å². The van der Waals surface area contributed by atoms with Crippen molar-refractivity contribution in [3.63, 3.8) is 0 Å². The third-order valence-corrected chi connectivity index (χ3v) is 4.69. The van der Waals surface area contributed by atoms with Crippen molar-refractivity contribution in [3.05, 3.63) is 49.8 Å². The van der Waals surface area contributed by atoms with Crippen molar-refractivity contribution in [1.82, 2.24) is 4.98 Å². The van der Waals surface area contributed by atoms with Crippen LogP contribution in [0.3, 0.4) is 0 Å². The van der Waals surface area contributed by atoms with E-state index in [0.29, 0.717) is 16.1 Å². The van der Waals surface area contributed by atoms with E-state index in [-0.39, 0.29) is 34.2 Å². The molecule has 2 aromatic heterocycles. The van der Waals surface area contributed by atoms with Gasteiger partial charge in [-0.25, -0.2) is 9.78 Å². The highest BCUT2D eigenvalue weighted by atomic mass is 35.5. The Morgan fingerprint density at radius 3 is 2.83 bits per heavy atom. The number of amides is 1. The Morgan fingerprint density at radius 1 is 1.42 bits per heavy atom. The van der Waals surface area contributed by atoms with E-state index in [1.165, 1.54) is 23.5 Å². The number of hydrogen-bond donors (Lipinski definition) is 2. The summed E-state index contributed by atoms with van der Waals surface area (Å²) in [6.45, 7) is 3.59. The number of thiazole rings is 1. The Hall–Kier alpha value is -2.38. The van der Waals surface area contributed by atoms with E-state index in [1.54, 1.807) is 13.1 Å². The maximum absolute atomic E-state index is 12.2. The summed E-state index contributed by atoms with van der Waals surface area (Å²) in [6, 6.07) is 2.80. The minimum atomic E-state index is -0.618. The fourth-order valence-corrected chi connectivity index (χ4v) is 3.18. The molecule has 0 aliphatic carbocycles. The number of aryl methyl sites for hydroxylation is 2. The lowest BCUT2D eigenvalue weighted by atomic mass is 10.0. The van der Waals surface area contributed by atoms with Gasteiger partial charge in [0.05, 0.1) is 17.0 Å². The number of aromatic hydroxyl groups is 1. The molecule has 0 fully saturated rings. The monoisotopic (exact) mass is 364 g/mol. The first-order chi connectivity index (χ1) is 11.3. The minimum Gasteiger partial charge on any atom is -0.506 e. The number of hydrogen-bond acceptors (Lipinski definition) is 6. The number of carbonyl (C=O) groups is 1. The van der Waals surface area contributed by atoms with Crippen molar-refractivity contribution in [3.8, 4) is 5.75 Å². The van der Waals surface area contributed by atoms with Gasteiger partial charge in [-0.3, -0.25) is 4.79 Å². The summed E-state index contributed by atoms with van der Waals surface area (Å²) < 4.78 is 5.20. The smallest absolute Gasteiger partial charge is 0.340 e. The van der Waals surface area contributed by atoms with E-state index in [9.17, 15) is 14.7 Å². The van der Waals surface area contributed by atoms with Gasteiger partial charge in [0.15, 0.2) is 5.13 Å². The third kappa shape index (κ3) is 3.13. The molecule has 0 radical (unpaired) electrons. The van der Waals surface area contributed by atoms with E-state index in [1.807, 2.05) is 6.92 Å². The van der Waals surface area contributed by atoms with Gasteiger partial charge in [0, 0.05) is 22.5 Å². The summed E-state index contributed by atoms with van der Waals surface area (Å²) in [7, 11) is 0. The van der Waals surface area contributed by atoms with Crippen LogP contribution < -0.4 is 10.9 Å². The number of benzene rings is 1. The molecule has 2 N–H and O–H groups in total. The van der Waals surface area contributed by atoms with Crippen molar-refractivity contribution in [1.29, 1.82) is 0 Å². The Bertz CT molecular complexity index is 1010. The number of rotatable bonds is 3. The largest absolute Gasteiger partial charge is 0.506 e. The Labute approximate surface area is 145 Å². The average Bonchev–Trinajstić information content (AvgIpc) is 2.91. The predicted octanol–water partition coefficient (Wildman–Crippen LogP) is 3.41. The highest BCUT2D eigenvalue weighted by Crippen LogP contribution is 2.30. The lowest BCUT2D eigenvalue weighted by Gasteiger charge is -2.08. The number of phenols is 1. The molecule has 1 amide bonds. The SMILES string of the molecule is Cc1cnc(NC(=O)Cc2c(C)c3cc(Cl)c(O)cc3oc2=O)s1. The molecule has 0 atom stereocenters. The Morgan fingerprint density at radius 2 is 2.17 bits per heavy atom. The fraction of sp³-hybridized carbons (Fsp3) is 0.188. The summed E-state index contributed by atoms with van der Waals surface area (Å²) in [5.74, 6) is -0.527. The average molecular weight is 365 g/mol. The van der Waals surface area contributed by atoms with E-state index in [0.717, 1.165) is 4.88 Å². The fourth-order valence-electron chi connectivity index (χ4n) is 2.34. The van der Waals surface area contributed by atoms with Crippen LogP contribution in [0, 0.1) is 13.8 Å². The van der Waals surface area contributed by atoms with Crippen LogP contribution in [0.2, 0.25) is 5.02 Å². The number of fused-ring (bicyclic) bond motifs is 1. The summed E-state index contributed by atoms with van der Waals surface area (Å²) in [6.07, 6.45) is 1.52. The molecule has 3 rings (SSSR count). The van der Waals surface area contributed by atoms with Crippen LogP contribution in [0.4, 0.5) is 5.13 Å². The van der Waals surface area contributed by atoms with Gasteiger partial charge in [-0.05, 0) is 25.5 Å². The molecule has 0 aliphatic heterocycles. The maximum Gasteiger partial charge on any atom is 0.340 e. The zero-order chi connectivity index (χ0) is 17.4. The molecule has 6 nitrogen and oxygen atoms in total. The normalized spacial score (nSPS) is 11.0. The number of nitrogens with zero attached hydrogens (tertiary/aromatic N) is 1. The summed E-state index contributed by atoms with van der Waals surface area (Å²) in [5, 5.41) is 13.5. The van der Waals surface area contributed by atoms with Gasteiger partial charge in [-0.1, -0.05) is 11.6 Å². The number of anilines is 1. The van der Waals surface area contributed by atoms with E-state index in [4.69, 9.17) is 16.0 Å². The van der Waals surface area contributed by atoms with Gasteiger partial charge in [0.25, 0.3) is 0 Å². The molecule has 2 heterocycles. The second kappa shape index (κ2) is 6.26. The molecule has 0 saturated heterocycles. The lowest BCUT2D eigenvalue weighted by Crippen LogP contribution is -2.20. The first-order valence-corrected chi connectivity index (χ1v) is 8.21. The number of phenolic OH excluding ortho intramolecular Hbond substituents is 1. The standard InChI is InChI=1S/C16H13ClN2O4S/c1-7-6-18-16(24-7)19-14(21)4-10-8(2)9-3-11(17)12(20)5-13(9)23-15(10)22/h3,5-6,20H,4H2,1-2H3,(H,18,19,21). The predicted molar refractivity (Wildman–Crippen MR) is 93.1 cm³/mol. The first-order valence-electron chi connectivity index (χ1n) is 7.02. The third-order valence-electron chi connectivity index (χ3n) is 3.56. The first kappa shape index (κ1) is 16.5. The van der Waals surface area contributed by atoms with E-state index >= 15 is 0 Å². The van der Waals surface area contributed by atoms with Crippen LogP contribution in [-0.4, -0.2) is 16.0 Å². The molecule has 0 bridgehead atoms. The van der Waals surface area contributed by atoms with Crippen LogP contribution >= 0.6 is 22.9 Å². The van der Waals surface area contributed by atoms with Crippen LogP contribution in [-0.2, 0) is 11.2 Å². The van der Waals surface area contributed by atoms with Crippen molar-refractivity contribution in [2.45, 2.75) is 20.3 Å². The number of nitrogens with one attached hydrogen (secondary N) is 1. The lowest BCUT2D eigenvalue weighted by molar-refractivity contribution is -0.115. The number of aromatic nitrogens is 1. The summed E-state index contributed by atoms with van der Waals surface area (Å²) >= 11 is 7.26. The van der Waals surface area contributed by atoms with Crippen LogP contribution in [0.5, 0.6) is 5.75 Å². The van der Waals surface area contributed by atoms with Crippen molar-refractivity contribution < 1.29 is 14.3 Å². The zero-order valence-electron chi connectivity index (χ0n) is 12.8. The highest BCUT2D eigenvalue weighted by Gasteiger charge is 2.17. The number of halogens is 1. The zero-order valence-corrected chi connectivity index (χ0v) is 14.4.